The Balaban J connectivity index is 1.11. The highest BCUT2D eigenvalue weighted by Crippen LogP contribution is 2.70. The highest BCUT2D eigenvalue weighted by molar-refractivity contribution is 5.76. The molecule has 1 aromatic carbocycles. The molecule has 2 saturated carbocycles. The summed E-state index contributed by atoms with van der Waals surface area (Å²) in [7, 11) is 0. The van der Waals surface area contributed by atoms with Crippen LogP contribution in [0, 0.1) is 33.3 Å². The van der Waals surface area contributed by atoms with Crippen LogP contribution in [0.3, 0.4) is 0 Å². The van der Waals surface area contributed by atoms with Gasteiger partial charge in [0, 0.05) is 61.9 Å². The van der Waals surface area contributed by atoms with E-state index in [9.17, 15) is 14.9 Å². The zero-order valence-corrected chi connectivity index (χ0v) is 19.4. The second-order valence-corrected chi connectivity index (χ2v) is 11.1. The molecule has 5 fully saturated rings. The van der Waals surface area contributed by atoms with Crippen LogP contribution in [0.4, 0.5) is 11.4 Å². The smallest absolute Gasteiger partial charge is 0.311 e. The minimum Gasteiger partial charge on any atom is -0.462 e. The Morgan fingerprint density at radius 3 is 2.61 bits per heavy atom. The molecule has 3 aliphatic heterocycles. The van der Waals surface area contributed by atoms with Crippen LogP contribution < -0.4 is 4.90 Å². The van der Waals surface area contributed by atoms with Gasteiger partial charge in [-0.05, 0) is 37.3 Å². The number of hydrogen-bond acceptors (Lipinski definition) is 7. The number of anilines is 1. The van der Waals surface area contributed by atoms with Gasteiger partial charge in [-0.1, -0.05) is 20.3 Å². The third kappa shape index (κ3) is 3.13. The van der Waals surface area contributed by atoms with E-state index < -0.39 is 0 Å². The Morgan fingerprint density at radius 1 is 1.18 bits per heavy atom. The van der Waals surface area contributed by atoms with Crippen molar-refractivity contribution < 1.29 is 19.2 Å². The maximum Gasteiger partial charge on any atom is 0.311 e. The van der Waals surface area contributed by atoms with Crippen molar-refractivity contribution in [3.05, 3.63) is 34.4 Å². The molecule has 3 saturated heterocycles. The van der Waals surface area contributed by atoms with Gasteiger partial charge in [0.15, 0.2) is 0 Å². The highest BCUT2D eigenvalue weighted by Gasteiger charge is 2.78. The Kier molecular flexibility index (Phi) is 4.79. The number of fused-ring (bicyclic) bond motifs is 2. The van der Waals surface area contributed by atoms with Gasteiger partial charge in [-0.25, -0.2) is 0 Å². The number of rotatable bonds is 4. The molecule has 0 N–H and O–H groups in total. The molecule has 0 unspecified atom stereocenters. The zero-order chi connectivity index (χ0) is 23.0. The van der Waals surface area contributed by atoms with E-state index in [2.05, 4.69) is 23.6 Å². The summed E-state index contributed by atoms with van der Waals surface area (Å²) in [5.41, 5.74) is 1.20. The minimum absolute atomic E-state index is 0.000163. The number of nitro groups is 1. The SMILES string of the molecule is C[C@H]1CCC[C@]2(C)C[C@H]3OC(=O)[C@@H](CN4CCN(c5ccc([N+](=O)[O-])cc5)CC4)[C@H]3[C@@H]3O[C@@]132. The van der Waals surface area contributed by atoms with Crippen LogP contribution in [-0.4, -0.2) is 66.3 Å². The number of nitrogens with zero attached hydrogens (tertiary/aromatic N) is 3. The summed E-state index contributed by atoms with van der Waals surface area (Å²) in [5, 5.41) is 10.9. The van der Waals surface area contributed by atoms with Crippen molar-refractivity contribution in [1.29, 1.82) is 0 Å². The summed E-state index contributed by atoms with van der Waals surface area (Å²) in [6.07, 6.45) is 4.73. The van der Waals surface area contributed by atoms with Crippen molar-refractivity contribution in [2.24, 2.45) is 23.2 Å². The third-order valence-electron chi connectivity index (χ3n) is 9.45. The number of non-ortho nitro benzene ring substituents is 1. The topological polar surface area (TPSA) is 88.5 Å². The van der Waals surface area contributed by atoms with Crippen LogP contribution in [0.2, 0.25) is 0 Å². The standard InChI is InChI=1S/C25H33N3O5/c1-16-4-3-9-24(2)14-20-21(22-25(16,24)33-22)19(23(29)32-20)15-26-10-12-27(13-11-26)17-5-7-18(8-6-17)28(30)31/h5-8,16,19-22H,3-4,9-15H2,1-2H3/t16-,19-,20+,21+,22-,24+,25-/m0/s1. The molecule has 6 rings (SSSR count). The number of ether oxygens (including phenoxy) is 2. The van der Waals surface area contributed by atoms with Crippen LogP contribution in [0.5, 0.6) is 0 Å². The van der Waals surface area contributed by atoms with Crippen LogP contribution in [0.15, 0.2) is 24.3 Å². The first-order valence-electron chi connectivity index (χ1n) is 12.4. The molecule has 5 aliphatic rings. The van der Waals surface area contributed by atoms with Crippen LogP contribution in [0.1, 0.15) is 39.5 Å². The monoisotopic (exact) mass is 455 g/mol. The average molecular weight is 456 g/mol. The van der Waals surface area contributed by atoms with Crippen molar-refractivity contribution in [2.75, 3.05) is 37.6 Å². The first-order valence-corrected chi connectivity index (χ1v) is 12.4. The summed E-state index contributed by atoms with van der Waals surface area (Å²) in [5.74, 6) is 0.579. The molecule has 3 heterocycles. The van der Waals surface area contributed by atoms with Gasteiger partial charge >= 0.3 is 5.97 Å². The van der Waals surface area contributed by atoms with Gasteiger partial charge in [-0.15, -0.1) is 0 Å². The van der Waals surface area contributed by atoms with Gasteiger partial charge in [0.25, 0.3) is 5.69 Å². The molecule has 33 heavy (non-hydrogen) atoms. The number of carbonyl (C=O) groups excluding carboxylic acids is 1. The molecule has 8 heteroatoms. The first kappa shape index (κ1) is 21.4. The molecule has 0 aromatic heterocycles. The second kappa shape index (κ2) is 7.40. The molecule has 0 bridgehead atoms. The fourth-order valence-corrected chi connectivity index (χ4v) is 7.69. The van der Waals surface area contributed by atoms with Gasteiger partial charge in [0.2, 0.25) is 0 Å². The van der Waals surface area contributed by atoms with Gasteiger partial charge in [0.1, 0.15) is 11.7 Å². The van der Waals surface area contributed by atoms with Crippen molar-refractivity contribution in [1.82, 2.24) is 4.90 Å². The lowest BCUT2D eigenvalue weighted by Gasteiger charge is -2.49. The lowest BCUT2D eigenvalue weighted by atomic mass is 9.53. The summed E-state index contributed by atoms with van der Waals surface area (Å²) >= 11 is 0. The van der Waals surface area contributed by atoms with E-state index in [4.69, 9.17) is 9.47 Å². The maximum atomic E-state index is 13.0. The number of esters is 1. The summed E-state index contributed by atoms with van der Waals surface area (Å²) in [6, 6.07) is 6.76. The fraction of sp³-hybridized carbons (Fsp3) is 0.720. The van der Waals surface area contributed by atoms with E-state index >= 15 is 0 Å². The van der Waals surface area contributed by atoms with E-state index in [1.54, 1.807) is 12.1 Å². The average Bonchev–Trinajstić information content (AvgIpc) is 3.49. The number of piperazine rings is 1. The van der Waals surface area contributed by atoms with Crippen LogP contribution in [0.25, 0.3) is 0 Å². The van der Waals surface area contributed by atoms with E-state index in [0.29, 0.717) is 5.92 Å². The lowest BCUT2D eigenvalue weighted by molar-refractivity contribution is -0.384. The first-order chi connectivity index (χ1) is 15.8. The van der Waals surface area contributed by atoms with E-state index in [-0.39, 0.29) is 51.6 Å². The molecular formula is C25H33N3O5. The molecule has 178 valence electrons. The predicted octanol–water partition coefficient (Wildman–Crippen LogP) is 3.24. The van der Waals surface area contributed by atoms with Gasteiger partial charge < -0.3 is 14.4 Å². The zero-order valence-electron chi connectivity index (χ0n) is 19.4. The number of epoxide rings is 1. The third-order valence-corrected chi connectivity index (χ3v) is 9.45. The second-order valence-electron chi connectivity index (χ2n) is 11.1. The molecule has 1 aromatic rings. The Morgan fingerprint density at radius 2 is 1.91 bits per heavy atom. The largest absolute Gasteiger partial charge is 0.462 e. The van der Waals surface area contributed by atoms with E-state index in [0.717, 1.165) is 44.8 Å². The number of nitro benzene ring substituents is 1. The van der Waals surface area contributed by atoms with E-state index in [1.165, 1.54) is 19.3 Å². The summed E-state index contributed by atoms with van der Waals surface area (Å²) in [6.45, 7) is 8.83. The van der Waals surface area contributed by atoms with Crippen LogP contribution >= 0.6 is 0 Å². The molecule has 2 aliphatic carbocycles. The summed E-state index contributed by atoms with van der Waals surface area (Å²) < 4.78 is 12.5. The number of benzene rings is 1. The molecule has 7 atom stereocenters. The van der Waals surface area contributed by atoms with Crippen molar-refractivity contribution in [2.45, 2.75) is 57.3 Å². The fourth-order valence-electron chi connectivity index (χ4n) is 7.69. The van der Waals surface area contributed by atoms with Crippen molar-refractivity contribution in [3.63, 3.8) is 0 Å². The Bertz CT molecular complexity index is 961. The van der Waals surface area contributed by atoms with Crippen molar-refractivity contribution >= 4 is 17.3 Å². The number of carbonyl (C=O) groups is 1. The van der Waals surface area contributed by atoms with Gasteiger partial charge in [-0.2, -0.15) is 0 Å². The highest BCUT2D eigenvalue weighted by atomic mass is 16.6. The quantitative estimate of drug-likeness (QED) is 0.298. The Hall–Kier alpha value is -2.19. The van der Waals surface area contributed by atoms with Gasteiger partial charge in [-0.3, -0.25) is 19.8 Å². The Labute approximate surface area is 194 Å². The molecule has 0 radical (unpaired) electrons. The molecule has 0 amide bonds. The lowest BCUT2D eigenvalue weighted by Crippen LogP contribution is -2.55. The molecule has 8 nitrogen and oxygen atoms in total. The molecule has 1 spiro atoms. The summed E-state index contributed by atoms with van der Waals surface area (Å²) in [4.78, 5) is 28.1. The number of hydrogen-bond donors (Lipinski definition) is 0. The van der Waals surface area contributed by atoms with Crippen LogP contribution in [-0.2, 0) is 14.3 Å². The maximum absolute atomic E-state index is 13.0. The molecular weight excluding hydrogens is 422 g/mol. The minimum atomic E-state index is -0.370. The normalized spacial score (nSPS) is 42.2. The van der Waals surface area contributed by atoms with Gasteiger partial charge in [0.05, 0.1) is 16.9 Å². The van der Waals surface area contributed by atoms with Crippen molar-refractivity contribution in [3.8, 4) is 0 Å². The van der Waals surface area contributed by atoms with E-state index in [1.807, 2.05) is 12.1 Å². The predicted molar refractivity (Wildman–Crippen MR) is 122 cm³/mol.